The molecule has 1 fully saturated rings. The number of nitrogens with one attached hydrogen (secondary N) is 2. The molecule has 1 aromatic rings. The predicted molar refractivity (Wildman–Crippen MR) is 76.8 cm³/mol. The van der Waals surface area contributed by atoms with Crippen molar-refractivity contribution in [3.8, 4) is 0 Å². The Labute approximate surface area is 113 Å². The van der Waals surface area contributed by atoms with E-state index in [9.17, 15) is 4.79 Å². The van der Waals surface area contributed by atoms with Gasteiger partial charge in [-0.3, -0.25) is 10.1 Å². The molecule has 0 aromatic heterocycles. The van der Waals surface area contributed by atoms with Crippen molar-refractivity contribution in [1.82, 2.24) is 5.32 Å². The normalized spacial score (nSPS) is 19.8. The number of anilines is 1. The van der Waals surface area contributed by atoms with Gasteiger partial charge in [0, 0.05) is 20.9 Å². The average molecular weight is 348 g/mol. The van der Waals surface area contributed by atoms with E-state index in [4.69, 9.17) is 0 Å². The van der Waals surface area contributed by atoms with E-state index in [1.807, 2.05) is 18.2 Å². The quantitative estimate of drug-likeness (QED) is 0.806. The molecule has 16 heavy (non-hydrogen) atoms. The van der Waals surface area contributed by atoms with Gasteiger partial charge in [-0.05, 0) is 47.2 Å². The minimum atomic E-state index is -0.0519. The molecule has 1 saturated heterocycles. The molecule has 86 valence electrons. The van der Waals surface area contributed by atoms with E-state index in [-0.39, 0.29) is 11.9 Å². The third-order valence-electron chi connectivity index (χ3n) is 2.47. The van der Waals surface area contributed by atoms with E-state index in [0.29, 0.717) is 0 Å². The Balaban J connectivity index is 2.02. The smallest absolute Gasteiger partial charge is 0.242 e. The van der Waals surface area contributed by atoms with Gasteiger partial charge < -0.3 is 5.32 Å². The molecule has 5 heteroatoms. The largest absolute Gasteiger partial charge is 0.325 e. The SMILES string of the molecule is Cc1ccc(NC(=O)C2CSCN2)cc1I. The summed E-state index contributed by atoms with van der Waals surface area (Å²) in [6, 6.07) is 5.91. The molecule has 1 atom stereocenters. The molecular weight excluding hydrogens is 335 g/mol. The lowest BCUT2D eigenvalue weighted by Gasteiger charge is -2.11. The Bertz CT molecular complexity index is 405. The zero-order valence-electron chi connectivity index (χ0n) is 8.92. The van der Waals surface area contributed by atoms with Crippen LogP contribution in [0.2, 0.25) is 0 Å². The summed E-state index contributed by atoms with van der Waals surface area (Å²) < 4.78 is 1.17. The Hall–Kier alpha value is -0.270. The van der Waals surface area contributed by atoms with Crippen LogP contribution < -0.4 is 10.6 Å². The van der Waals surface area contributed by atoms with Crippen LogP contribution >= 0.6 is 34.4 Å². The van der Waals surface area contributed by atoms with E-state index in [2.05, 4.69) is 40.1 Å². The minimum Gasteiger partial charge on any atom is -0.325 e. The second-order valence-corrected chi connectivity index (χ2v) is 5.92. The molecule has 1 aliphatic heterocycles. The summed E-state index contributed by atoms with van der Waals surface area (Å²) in [7, 11) is 0. The molecule has 1 unspecified atom stereocenters. The van der Waals surface area contributed by atoms with Crippen LogP contribution in [0.15, 0.2) is 18.2 Å². The summed E-state index contributed by atoms with van der Waals surface area (Å²) in [6.45, 7) is 2.06. The first-order valence-corrected chi connectivity index (χ1v) is 7.28. The van der Waals surface area contributed by atoms with Crippen LogP contribution in [0.1, 0.15) is 5.56 Å². The third-order valence-corrected chi connectivity index (χ3v) is 4.57. The van der Waals surface area contributed by atoms with Crippen molar-refractivity contribution in [3.63, 3.8) is 0 Å². The summed E-state index contributed by atoms with van der Waals surface area (Å²) in [6.07, 6.45) is 0. The monoisotopic (exact) mass is 348 g/mol. The number of carbonyl (C=O) groups is 1. The first kappa shape index (κ1) is 12.2. The summed E-state index contributed by atoms with van der Waals surface area (Å²) in [5.41, 5.74) is 2.10. The van der Waals surface area contributed by atoms with Gasteiger partial charge in [-0.25, -0.2) is 0 Å². The van der Waals surface area contributed by atoms with Crippen molar-refractivity contribution in [2.45, 2.75) is 13.0 Å². The fourth-order valence-electron chi connectivity index (χ4n) is 1.46. The molecule has 1 heterocycles. The van der Waals surface area contributed by atoms with Crippen molar-refractivity contribution < 1.29 is 4.79 Å². The minimum absolute atomic E-state index is 0.0519. The topological polar surface area (TPSA) is 41.1 Å². The first-order chi connectivity index (χ1) is 7.66. The van der Waals surface area contributed by atoms with Gasteiger partial charge in [0.1, 0.15) is 0 Å². The van der Waals surface area contributed by atoms with Crippen LogP contribution in [-0.4, -0.2) is 23.6 Å². The first-order valence-electron chi connectivity index (χ1n) is 5.05. The van der Waals surface area contributed by atoms with Crippen LogP contribution in [0.3, 0.4) is 0 Å². The van der Waals surface area contributed by atoms with E-state index >= 15 is 0 Å². The van der Waals surface area contributed by atoms with E-state index < -0.39 is 0 Å². The number of benzene rings is 1. The molecule has 1 amide bonds. The van der Waals surface area contributed by atoms with Gasteiger partial charge in [-0.2, -0.15) is 0 Å². The molecular formula is C11H13IN2OS. The van der Waals surface area contributed by atoms with E-state index in [1.165, 1.54) is 9.13 Å². The maximum Gasteiger partial charge on any atom is 0.242 e. The molecule has 1 aromatic carbocycles. The lowest BCUT2D eigenvalue weighted by atomic mass is 10.2. The number of hydrogen-bond donors (Lipinski definition) is 2. The van der Waals surface area contributed by atoms with Crippen molar-refractivity contribution >= 4 is 45.9 Å². The fraction of sp³-hybridized carbons (Fsp3) is 0.364. The Morgan fingerprint density at radius 3 is 3.06 bits per heavy atom. The van der Waals surface area contributed by atoms with Gasteiger partial charge in [0.2, 0.25) is 5.91 Å². The molecule has 0 bridgehead atoms. The van der Waals surface area contributed by atoms with Gasteiger partial charge in [-0.15, -0.1) is 11.8 Å². The number of aryl methyl sites for hydroxylation is 1. The third kappa shape index (κ3) is 2.89. The Morgan fingerprint density at radius 2 is 2.44 bits per heavy atom. The number of hydrogen-bond acceptors (Lipinski definition) is 3. The highest BCUT2D eigenvalue weighted by atomic mass is 127. The highest BCUT2D eigenvalue weighted by Gasteiger charge is 2.22. The lowest BCUT2D eigenvalue weighted by Crippen LogP contribution is -2.37. The molecule has 2 N–H and O–H groups in total. The molecule has 2 rings (SSSR count). The van der Waals surface area contributed by atoms with E-state index in [0.717, 1.165) is 17.3 Å². The lowest BCUT2D eigenvalue weighted by molar-refractivity contribution is -0.117. The van der Waals surface area contributed by atoms with Crippen LogP contribution in [0, 0.1) is 10.5 Å². The maximum absolute atomic E-state index is 11.8. The summed E-state index contributed by atoms with van der Waals surface area (Å²) in [4.78, 5) is 11.8. The van der Waals surface area contributed by atoms with Crippen molar-refractivity contribution in [2.75, 3.05) is 16.9 Å². The van der Waals surface area contributed by atoms with Gasteiger partial charge in [0.15, 0.2) is 0 Å². The maximum atomic E-state index is 11.8. The van der Waals surface area contributed by atoms with Crippen molar-refractivity contribution in [3.05, 3.63) is 27.3 Å². The van der Waals surface area contributed by atoms with Crippen LogP contribution in [0.5, 0.6) is 0 Å². The summed E-state index contributed by atoms with van der Waals surface area (Å²) in [5, 5.41) is 6.08. The highest BCUT2D eigenvalue weighted by molar-refractivity contribution is 14.1. The number of thioether (sulfide) groups is 1. The van der Waals surface area contributed by atoms with Crippen molar-refractivity contribution in [2.24, 2.45) is 0 Å². The number of carbonyl (C=O) groups excluding carboxylic acids is 1. The van der Waals surface area contributed by atoms with Crippen LogP contribution in [0.25, 0.3) is 0 Å². The molecule has 0 saturated carbocycles. The molecule has 0 aliphatic carbocycles. The fourth-order valence-corrected chi connectivity index (χ4v) is 2.92. The Kier molecular flexibility index (Phi) is 4.10. The van der Waals surface area contributed by atoms with Crippen LogP contribution in [-0.2, 0) is 4.79 Å². The molecule has 0 radical (unpaired) electrons. The van der Waals surface area contributed by atoms with Gasteiger partial charge in [0.05, 0.1) is 6.04 Å². The molecule has 0 spiro atoms. The van der Waals surface area contributed by atoms with Gasteiger partial charge in [-0.1, -0.05) is 6.07 Å². The summed E-state index contributed by atoms with van der Waals surface area (Å²) >= 11 is 4.03. The standard InChI is InChI=1S/C11H13IN2OS/c1-7-2-3-8(4-9(7)12)14-11(15)10-5-16-6-13-10/h2-4,10,13H,5-6H2,1H3,(H,14,15). The zero-order valence-corrected chi connectivity index (χ0v) is 11.9. The molecule has 1 aliphatic rings. The van der Waals surface area contributed by atoms with E-state index in [1.54, 1.807) is 11.8 Å². The second kappa shape index (κ2) is 5.37. The number of halogens is 1. The summed E-state index contributed by atoms with van der Waals surface area (Å²) in [5.74, 6) is 1.78. The zero-order chi connectivity index (χ0) is 11.5. The predicted octanol–water partition coefficient (Wildman–Crippen LogP) is 2.20. The number of rotatable bonds is 2. The average Bonchev–Trinajstić information content (AvgIpc) is 2.77. The van der Waals surface area contributed by atoms with Crippen LogP contribution in [0.4, 0.5) is 5.69 Å². The number of amides is 1. The highest BCUT2D eigenvalue weighted by Crippen LogP contribution is 2.18. The Morgan fingerprint density at radius 1 is 1.62 bits per heavy atom. The van der Waals surface area contributed by atoms with Crippen molar-refractivity contribution in [1.29, 1.82) is 0 Å². The molecule has 3 nitrogen and oxygen atoms in total. The van der Waals surface area contributed by atoms with Gasteiger partial charge >= 0.3 is 0 Å². The second-order valence-electron chi connectivity index (χ2n) is 3.73. The van der Waals surface area contributed by atoms with Gasteiger partial charge in [0.25, 0.3) is 0 Å².